The molecule has 0 aliphatic heterocycles. The van der Waals surface area contributed by atoms with Gasteiger partial charge in [-0.25, -0.2) is 0 Å². The molecule has 0 bridgehead atoms. The van der Waals surface area contributed by atoms with Crippen molar-refractivity contribution >= 4 is 31.1 Å². The van der Waals surface area contributed by atoms with Crippen LogP contribution in [-0.4, -0.2) is 9.52 Å². The molecule has 0 amide bonds. The molecule has 0 fully saturated rings. The number of rotatable bonds is 2. The van der Waals surface area contributed by atoms with E-state index >= 15 is 0 Å². The molecule has 0 aliphatic rings. The first-order chi connectivity index (χ1) is 22.0. The van der Waals surface area contributed by atoms with E-state index in [-0.39, 0.29) is 37.0 Å². The Balaban J connectivity index is 0.000000236. The third-order valence-corrected chi connectivity index (χ3v) is 9.44. The Labute approximate surface area is 314 Å². The molecule has 0 heterocycles. The maximum atomic E-state index is 2.38. The van der Waals surface area contributed by atoms with Crippen molar-refractivity contribution in [1.29, 1.82) is 0 Å². The van der Waals surface area contributed by atoms with Crippen molar-refractivity contribution < 1.29 is 26.2 Å². The van der Waals surface area contributed by atoms with Crippen LogP contribution < -0.4 is 0 Å². The number of hydrogen-bond donors (Lipinski definition) is 0. The first-order valence-electron chi connectivity index (χ1n) is 17.1. The molecule has 248 valence electrons. The number of fused-ring (bicyclic) bond motifs is 2. The number of benzene rings is 4. The first-order valence-corrected chi connectivity index (χ1v) is 19.1. The van der Waals surface area contributed by atoms with E-state index in [1.807, 2.05) is 0 Å². The second-order valence-corrected chi connectivity index (χ2v) is 16.6. The van der Waals surface area contributed by atoms with Gasteiger partial charge in [0.1, 0.15) is 0 Å². The van der Waals surface area contributed by atoms with Gasteiger partial charge in [-0.2, -0.15) is 12.1 Å². The normalized spacial score (nSPS) is 11.5. The molecule has 0 aliphatic carbocycles. The van der Waals surface area contributed by atoms with Crippen LogP contribution in [0.4, 0.5) is 0 Å². The maximum absolute atomic E-state index is 2.38. The molecule has 0 spiro atoms. The zero-order chi connectivity index (χ0) is 34.8. The monoisotopic (exact) mass is 726 g/mol. The van der Waals surface area contributed by atoms with E-state index < -0.39 is 0 Å². The summed E-state index contributed by atoms with van der Waals surface area (Å²) in [4.78, 5) is 0. The van der Waals surface area contributed by atoms with Crippen molar-refractivity contribution in [3.8, 4) is 22.3 Å². The van der Waals surface area contributed by atoms with E-state index in [4.69, 9.17) is 0 Å². The number of aryl methyl sites for hydroxylation is 4. The fourth-order valence-electron chi connectivity index (χ4n) is 6.44. The second kappa shape index (κ2) is 15.8. The molecular formula is C46H56SiZr. The van der Waals surface area contributed by atoms with Crippen LogP contribution in [0.3, 0.4) is 0 Å². The number of hydrogen-bond acceptors (Lipinski definition) is 0. The standard InChI is InChI=1S/2C22H25.C2H6Si.Zr/c2*1-14-10-15(2)16(3)20(11-14)19-9-7-8-17-12-18(13-21(17)19)22(4,5)6;1-3-2;/h2*7-13H,1-6H3;1-2H3;/q2*-1;;+2. The summed E-state index contributed by atoms with van der Waals surface area (Å²) in [7, 11) is 1.08. The van der Waals surface area contributed by atoms with Crippen molar-refractivity contribution in [2.24, 2.45) is 0 Å². The molecule has 0 saturated carbocycles. The molecule has 0 saturated heterocycles. The van der Waals surface area contributed by atoms with Crippen LogP contribution in [-0.2, 0) is 37.0 Å². The van der Waals surface area contributed by atoms with E-state index in [1.165, 1.54) is 88.3 Å². The van der Waals surface area contributed by atoms with Gasteiger partial charge in [0.2, 0.25) is 0 Å². The molecule has 2 heteroatoms. The minimum Gasteiger partial charge on any atom is -0.164 e. The fourth-order valence-corrected chi connectivity index (χ4v) is 6.44. The predicted molar refractivity (Wildman–Crippen MR) is 213 cm³/mol. The minimum atomic E-state index is 0. The van der Waals surface area contributed by atoms with Crippen molar-refractivity contribution in [1.82, 2.24) is 0 Å². The Morgan fingerprint density at radius 3 is 1.12 bits per heavy atom. The molecule has 48 heavy (non-hydrogen) atoms. The van der Waals surface area contributed by atoms with Crippen LogP contribution in [0, 0.1) is 41.5 Å². The van der Waals surface area contributed by atoms with Crippen LogP contribution in [0.5, 0.6) is 0 Å². The molecular weight excluding hydrogens is 672 g/mol. The summed E-state index contributed by atoms with van der Waals surface area (Å²) in [6.07, 6.45) is 0. The fraction of sp³-hybridized carbons (Fsp3) is 0.348. The van der Waals surface area contributed by atoms with Crippen LogP contribution in [0.25, 0.3) is 43.8 Å². The summed E-state index contributed by atoms with van der Waals surface area (Å²) in [6, 6.07) is 32.0. The van der Waals surface area contributed by atoms with Gasteiger partial charge >= 0.3 is 26.2 Å². The zero-order valence-electron chi connectivity index (χ0n) is 32.1. The third-order valence-electron chi connectivity index (χ3n) is 9.44. The minimum absolute atomic E-state index is 0. The first kappa shape index (κ1) is 39.6. The molecule has 6 aromatic carbocycles. The Bertz CT molecular complexity index is 1850. The van der Waals surface area contributed by atoms with Crippen LogP contribution in [0.15, 0.2) is 84.9 Å². The van der Waals surface area contributed by atoms with Gasteiger partial charge in [0, 0.05) is 9.52 Å². The Morgan fingerprint density at radius 2 is 0.812 bits per heavy atom. The van der Waals surface area contributed by atoms with Gasteiger partial charge in [0.15, 0.2) is 0 Å². The Morgan fingerprint density at radius 1 is 0.479 bits per heavy atom. The molecule has 6 rings (SSSR count). The van der Waals surface area contributed by atoms with Crippen molar-refractivity contribution in [2.45, 2.75) is 107 Å². The average Bonchev–Trinajstić information content (AvgIpc) is 3.63. The zero-order valence-corrected chi connectivity index (χ0v) is 35.5. The van der Waals surface area contributed by atoms with Crippen molar-refractivity contribution in [3.05, 3.63) is 129 Å². The van der Waals surface area contributed by atoms with Gasteiger partial charge in [-0.1, -0.05) is 113 Å². The van der Waals surface area contributed by atoms with E-state index in [2.05, 4.69) is 181 Å². The Kier molecular flexibility index (Phi) is 13.1. The quantitative estimate of drug-likeness (QED) is 0.123. The SMILES string of the molecule is C[Si]C.Cc1cc(C)c(C)c(-c2cccc3[cH-]c(C(C)(C)C)cc23)c1.Cc1cc(C)c(C)c(-c2cccc3[cH-]c(C(C)(C)C)cc23)c1.[Zr+2]. The van der Waals surface area contributed by atoms with Crippen molar-refractivity contribution in [3.63, 3.8) is 0 Å². The molecule has 0 unspecified atom stereocenters. The van der Waals surface area contributed by atoms with Gasteiger partial charge in [-0.15, -0.1) is 69.1 Å². The summed E-state index contributed by atoms with van der Waals surface area (Å²) < 4.78 is 0. The average molecular weight is 728 g/mol. The van der Waals surface area contributed by atoms with E-state index in [0.717, 1.165) is 9.52 Å². The summed E-state index contributed by atoms with van der Waals surface area (Å²) >= 11 is 0. The van der Waals surface area contributed by atoms with Crippen LogP contribution in [0.1, 0.15) is 86.1 Å². The van der Waals surface area contributed by atoms with Gasteiger partial charge in [0.05, 0.1) is 0 Å². The smallest absolute Gasteiger partial charge is 0.164 e. The van der Waals surface area contributed by atoms with Gasteiger partial charge in [-0.3, -0.25) is 0 Å². The van der Waals surface area contributed by atoms with Crippen LogP contribution >= 0.6 is 0 Å². The van der Waals surface area contributed by atoms with E-state index in [9.17, 15) is 0 Å². The van der Waals surface area contributed by atoms with E-state index in [0.29, 0.717) is 0 Å². The largest absolute Gasteiger partial charge is 2.00 e. The van der Waals surface area contributed by atoms with Gasteiger partial charge < -0.3 is 0 Å². The topological polar surface area (TPSA) is 0 Å². The molecule has 0 nitrogen and oxygen atoms in total. The van der Waals surface area contributed by atoms with Gasteiger partial charge in [0.25, 0.3) is 0 Å². The summed E-state index contributed by atoms with van der Waals surface area (Å²) in [6.45, 7) is 31.2. The summed E-state index contributed by atoms with van der Waals surface area (Å²) in [5, 5.41) is 5.45. The summed E-state index contributed by atoms with van der Waals surface area (Å²) in [5.74, 6) is 0. The second-order valence-electron chi connectivity index (χ2n) is 15.6. The molecule has 0 N–H and O–H groups in total. The molecule has 6 aromatic rings. The van der Waals surface area contributed by atoms with Gasteiger partial charge in [-0.05, 0) is 85.8 Å². The molecule has 2 radical (unpaired) electrons. The molecule has 0 atom stereocenters. The predicted octanol–water partition coefficient (Wildman–Crippen LogP) is 13.7. The molecule has 0 aromatic heterocycles. The third kappa shape index (κ3) is 8.86. The van der Waals surface area contributed by atoms with Crippen LogP contribution in [0.2, 0.25) is 13.1 Å². The Hall–Kier alpha value is -2.80. The van der Waals surface area contributed by atoms with E-state index in [1.54, 1.807) is 0 Å². The summed E-state index contributed by atoms with van der Waals surface area (Å²) in [5.41, 5.74) is 16.8. The maximum Gasteiger partial charge on any atom is 2.00 e. The van der Waals surface area contributed by atoms with Crippen molar-refractivity contribution in [2.75, 3.05) is 0 Å².